The summed E-state index contributed by atoms with van der Waals surface area (Å²) in [5.41, 5.74) is 0. The van der Waals surface area contributed by atoms with E-state index in [1.165, 1.54) is 20.7 Å². The normalized spacial score (nSPS) is 12.7. The predicted molar refractivity (Wildman–Crippen MR) is 133 cm³/mol. The number of rotatable bonds is 9. The van der Waals surface area contributed by atoms with Gasteiger partial charge in [-0.05, 0) is 68.3 Å². The van der Waals surface area contributed by atoms with E-state index in [1.54, 1.807) is 38.1 Å². The zero-order valence-corrected chi connectivity index (χ0v) is 24.1. The molecule has 6 nitrogen and oxygen atoms in total. The Kier molecular flexibility index (Phi) is 9.57. The highest BCUT2D eigenvalue weighted by molar-refractivity contribution is 9.11. The molecule has 166 valence electrons. The van der Waals surface area contributed by atoms with E-state index in [4.69, 9.17) is 0 Å². The average Bonchev–Trinajstić information content (AvgIpc) is 2.68. The van der Waals surface area contributed by atoms with Gasteiger partial charge in [0.15, 0.2) is 0 Å². The number of sulfonamides is 2. The van der Waals surface area contributed by atoms with Gasteiger partial charge in [0.05, 0.1) is 9.79 Å². The van der Waals surface area contributed by atoms with Crippen molar-refractivity contribution >= 4 is 83.8 Å². The van der Waals surface area contributed by atoms with Crippen molar-refractivity contribution in [2.75, 3.05) is 26.2 Å². The average molecular weight is 712 g/mol. The smallest absolute Gasteiger partial charge is 0.207 e. The SMILES string of the molecule is CCN(CCN(CC)S(=O)(=O)c1cc(Br)ccc1Br)S(=O)(=O)c1cc(Br)ccc1Br. The Morgan fingerprint density at radius 2 is 1.00 bits per heavy atom. The van der Waals surface area contributed by atoms with Gasteiger partial charge < -0.3 is 0 Å². The first-order chi connectivity index (χ1) is 13.9. The molecular weight excluding hydrogens is 692 g/mol. The summed E-state index contributed by atoms with van der Waals surface area (Å²) in [5.74, 6) is 0. The molecule has 30 heavy (non-hydrogen) atoms. The van der Waals surface area contributed by atoms with E-state index in [0.29, 0.717) is 17.9 Å². The van der Waals surface area contributed by atoms with Crippen molar-refractivity contribution < 1.29 is 16.8 Å². The lowest BCUT2D eigenvalue weighted by Gasteiger charge is -2.26. The van der Waals surface area contributed by atoms with Gasteiger partial charge >= 0.3 is 0 Å². The molecule has 0 bridgehead atoms. The molecule has 0 amide bonds. The summed E-state index contributed by atoms with van der Waals surface area (Å²) in [4.78, 5) is 0.249. The minimum absolute atomic E-state index is 0.0243. The van der Waals surface area contributed by atoms with Crippen molar-refractivity contribution in [3.63, 3.8) is 0 Å². The predicted octanol–water partition coefficient (Wildman–Crippen LogP) is 5.46. The molecule has 0 unspecified atom stereocenters. The van der Waals surface area contributed by atoms with Gasteiger partial charge in [-0.15, -0.1) is 0 Å². The van der Waals surface area contributed by atoms with Crippen LogP contribution in [0.1, 0.15) is 13.8 Å². The van der Waals surface area contributed by atoms with Gasteiger partial charge in [0.1, 0.15) is 0 Å². The summed E-state index contributed by atoms with van der Waals surface area (Å²) >= 11 is 13.2. The van der Waals surface area contributed by atoms with Crippen LogP contribution in [0.15, 0.2) is 64.1 Å². The maximum Gasteiger partial charge on any atom is 0.244 e. The van der Waals surface area contributed by atoms with Gasteiger partial charge in [-0.3, -0.25) is 0 Å². The van der Waals surface area contributed by atoms with Crippen LogP contribution >= 0.6 is 63.7 Å². The third-order valence-corrected chi connectivity index (χ3v) is 11.2. The van der Waals surface area contributed by atoms with Crippen LogP contribution in [-0.4, -0.2) is 51.6 Å². The molecule has 0 radical (unpaired) electrons. The highest BCUT2D eigenvalue weighted by Gasteiger charge is 2.30. The molecule has 0 aliphatic carbocycles. The Hall–Kier alpha value is 0.180. The van der Waals surface area contributed by atoms with Crippen molar-refractivity contribution in [1.29, 1.82) is 0 Å². The van der Waals surface area contributed by atoms with Crippen LogP contribution in [0.4, 0.5) is 0 Å². The first-order valence-electron chi connectivity index (χ1n) is 8.85. The van der Waals surface area contributed by atoms with E-state index in [-0.39, 0.29) is 36.0 Å². The molecule has 0 aliphatic heterocycles. The summed E-state index contributed by atoms with van der Waals surface area (Å²) in [5, 5.41) is 0. The lowest BCUT2D eigenvalue weighted by molar-refractivity contribution is 0.359. The molecular formula is C18H20Br4N2O4S2. The van der Waals surface area contributed by atoms with Crippen LogP contribution in [0.3, 0.4) is 0 Å². The molecule has 0 fully saturated rings. The Morgan fingerprint density at radius 3 is 1.30 bits per heavy atom. The second-order valence-electron chi connectivity index (χ2n) is 6.14. The van der Waals surface area contributed by atoms with E-state index < -0.39 is 20.0 Å². The zero-order chi connectivity index (χ0) is 22.7. The summed E-state index contributed by atoms with van der Waals surface area (Å²) in [7, 11) is -7.63. The van der Waals surface area contributed by atoms with Crippen molar-refractivity contribution in [2.45, 2.75) is 23.6 Å². The monoisotopic (exact) mass is 708 g/mol. The lowest BCUT2D eigenvalue weighted by atomic mass is 10.4. The summed E-state index contributed by atoms with van der Waals surface area (Å²) < 4.78 is 57.3. The molecule has 0 aliphatic rings. The fourth-order valence-corrected chi connectivity index (χ4v) is 8.55. The number of benzene rings is 2. The summed E-state index contributed by atoms with van der Waals surface area (Å²) in [6, 6.07) is 9.82. The molecule has 2 aromatic rings. The topological polar surface area (TPSA) is 74.8 Å². The molecule has 2 aromatic carbocycles. The van der Waals surface area contributed by atoms with Crippen LogP contribution in [0.5, 0.6) is 0 Å². The maximum absolute atomic E-state index is 13.1. The first kappa shape index (κ1) is 26.4. The fraction of sp³-hybridized carbons (Fsp3) is 0.333. The standard InChI is InChI=1S/C18H20Br4N2O4S2/c1-3-23(29(25,26)17-11-13(19)5-7-15(17)21)9-10-24(4-2)30(27,28)18-12-14(20)6-8-16(18)22/h5-8,11-12H,3-4,9-10H2,1-2H3. The molecule has 0 saturated heterocycles. The van der Waals surface area contributed by atoms with E-state index in [2.05, 4.69) is 63.7 Å². The molecule has 0 spiro atoms. The highest BCUT2D eigenvalue weighted by atomic mass is 79.9. The van der Waals surface area contributed by atoms with Crippen LogP contribution in [0.25, 0.3) is 0 Å². The second-order valence-corrected chi connectivity index (χ2v) is 13.5. The Bertz CT molecular complexity index is 1040. The van der Waals surface area contributed by atoms with Crippen LogP contribution in [-0.2, 0) is 20.0 Å². The Balaban J connectivity index is 2.31. The van der Waals surface area contributed by atoms with Crippen molar-refractivity contribution in [3.05, 3.63) is 54.3 Å². The molecule has 0 aromatic heterocycles. The summed E-state index contributed by atoms with van der Waals surface area (Å²) in [6.45, 7) is 3.91. The van der Waals surface area contributed by atoms with Gasteiger partial charge in [0, 0.05) is 44.1 Å². The minimum atomic E-state index is -3.81. The number of likely N-dealkylation sites (N-methyl/N-ethyl adjacent to an activating group) is 2. The quantitative estimate of drug-likeness (QED) is 0.347. The van der Waals surface area contributed by atoms with E-state index >= 15 is 0 Å². The van der Waals surface area contributed by atoms with Gasteiger partial charge in [0.25, 0.3) is 0 Å². The van der Waals surface area contributed by atoms with Crippen molar-refractivity contribution in [2.24, 2.45) is 0 Å². The third kappa shape index (κ3) is 5.94. The third-order valence-electron chi connectivity index (χ3n) is 4.33. The summed E-state index contributed by atoms with van der Waals surface area (Å²) in [6.07, 6.45) is 0. The van der Waals surface area contributed by atoms with E-state index in [9.17, 15) is 16.8 Å². The number of hydrogen-bond donors (Lipinski definition) is 0. The molecule has 0 atom stereocenters. The molecule has 12 heteroatoms. The van der Waals surface area contributed by atoms with Crippen LogP contribution in [0.2, 0.25) is 0 Å². The van der Waals surface area contributed by atoms with Crippen LogP contribution < -0.4 is 0 Å². The first-order valence-corrected chi connectivity index (χ1v) is 14.9. The number of halogens is 4. The van der Waals surface area contributed by atoms with Crippen molar-refractivity contribution in [3.8, 4) is 0 Å². The maximum atomic E-state index is 13.1. The Labute approximate surface area is 211 Å². The van der Waals surface area contributed by atoms with Gasteiger partial charge in [-0.2, -0.15) is 8.61 Å². The fourth-order valence-electron chi connectivity index (χ4n) is 2.75. The molecule has 2 rings (SSSR count). The van der Waals surface area contributed by atoms with Crippen molar-refractivity contribution in [1.82, 2.24) is 8.61 Å². The lowest BCUT2D eigenvalue weighted by Crippen LogP contribution is -2.41. The van der Waals surface area contributed by atoms with Gasteiger partial charge in [-0.1, -0.05) is 45.7 Å². The second kappa shape index (κ2) is 10.9. The molecule has 0 heterocycles. The van der Waals surface area contributed by atoms with Gasteiger partial charge in [0.2, 0.25) is 20.0 Å². The van der Waals surface area contributed by atoms with E-state index in [0.717, 1.165) is 0 Å². The number of nitrogens with zero attached hydrogens (tertiary/aromatic N) is 2. The van der Waals surface area contributed by atoms with Gasteiger partial charge in [-0.25, -0.2) is 16.8 Å². The zero-order valence-electron chi connectivity index (χ0n) is 16.1. The Morgan fingerprint density at radius 1 is 0.667 bits per heavy atom. The highest BCUT2D eigenvalue weighted by Crippen LogP contribution is 2.30. The molecule has 0 saturated carbocycles. The van der Waals surface area contributed by atoms with E-state index in [1.807, 2.05) is 0 Å². The molecule has 0 N–H and O–H groups in total. The largest absolute Gasteiger partial charge is 0.244 e. The minimum Gasteiger partial charge on any atom is -0.207 e. The van der Waals surface area contributed by atoms with Crippen LogP contribution in [0, 0.1) is 0 Å². The number of hydrogen-bond acceptors (Lipinski definition) is 4.